The Morgan fingerprint density at radius 3 is 2.38 bits per heavy atom. The van der Waals surface area contributed by atoms with Crippen LogP contribution in [0.2, 0.25) is 0 Å². The van der Waals surface area contributed by atoms with E-state index in [1.807, 2.05) is 54.7 Å². The average molecular weight is 386 g/mol. The molecule has 0 aliphatic heterocycles. The van der Waals surface area contributed by atoms with Crippen molar-refractivity contribution in [1.29, 1.82) is 5.26 Å². The number of benzene rings is 2. The third-order valence-corrected chi connectivity index (χ3v) is 5.25. The number of Topliss-reactive ketones (excluding diaryl/α,β-unsaturated/α-hetero) is 1. The van der Waals surface area contributed by atoms with Crippen molar-refractivity contribution in [3.8, 4) is 6.07 Å². The lowest BCUT2D eigenvalue weighted by atomic mass is 9.81. The molecule has 29 heavy (non-hydrogen) atoms. The summed E-state index contributed by atoms with van der Waals surface area (Å²) < 4.78 is 2.11. The first-order valence-corrected chi connectivity index (χ1v) is 10.3. The highest BCUT2D eigenvalue weighted by Crippen LogP contribution is 2.33. The lowest BCUT2D eigenvalue weighted by Crippen LogP contribution is -2.25. The van der Waals surface area contributed by atoms with Gasteiger partial charge in [-0.25, -0.2) is 4.98 Å². The Labute approximate surface area is 172 Å². The predicted octanol–water partition coefficient (Wildman–Crippen LogP) is 5.62. The maximum atomic E-state index is 13.2. The van der Waals surface area contributed by atoms with E-state index < -0.39 is 11.8 Å². The quantitative estimate of drug-likeness (QED) is 0.336. The number of nitrogens with zero attached hydrogens (tertiary/aromatic N) is 3. The summed E-state index contributed by atoms with van der Waals surface area (Å²) in [4.78, 5) is 17.8. The smallest absolute Gasteiger partial charge is 0.181 e. The largest absolute Gasteiger partial charge is 0.334 e. The molecule has 0 spiro atoms. The molecule has 0 aliphatic carbocycles. The first-order chi connectivity index (χ1) is 14.3. The third-order valence-electron chi connectivity index (χ3n) is 5.25. The van der Waals surface area contributed by atoms with Crippen LogP contribution in [0.3, 0.4) is 0 Å². The van der Waals surface area contributed by atoms with E-state index in [1.54, 1.807) is 18.3 Å². The van der Waals surface area contributed by atoms with Gasteiger partial charge in [0.2, 0.25) is 0 Å². The molecule has 1 heterocycles. The van der Waals surface area contributed by atoms with Gasteiger partial charge in [-0.1, -0.05) is 86.8 Å². The van der Waals surface area contributed by atoms with Gasteiger partial charge in [0.1, 0.15) is 11.7 Å². The molecular formula is C25H27N3O. The fourth-order valence-corrected chi connectivity index (χ4v) is 3.72. The summed E-state index contributed by atoms with van der Waals surface area (Å²) in [6.45, 7) is 3.04. The van der Waals surface area contributed by atoms with Crippen LogP contribution in [0.5, 0.6) is 0 Å². The number of nitriles is 1. The second kappa shape index (κ2) is 10.4. The number of carbonyl (C=O) groups is 1. The van der Waals surface area contributed by atoms with Gasteiger partial charge in [-0.05, 0) is 12.0 Å². The number of aryl methyl sites for hydroxylation is 1. The molecule has 2 unspecified atom stereocenters. The highest BCUT2D eigenvalue weighted by Gasteiger charge is 2.34. The molecule has 0 N–H and O–H groups in total. The van der Waals surface area contributed by atoms with Crippen LogP contribution >= 0.6 is 0 Å². The molecule has 0 aliphatic rings. The summed E-state index contributed by atoms with van der Waals surface area (Å²) in [6.07, 6.45) is 8.34. The summed E-state index contributed by atoms with van der Waals surface area (Å²) in [5.41, 5.74) is 1.49. The molecule has 2 aromatic carbocycles. The van der Waals surface area contributed by atoms with Crippen LogP contribution in [-0.4, -0.2) is 15.3 Å². The van der Waals surface area contributed by atoms with E-state index in [1.165, 1.54) is 12.8 Å². The summed E-state index contributed by atoms with van der Waals surface area (Å²) in [7, 11) is 0. The van der Waals surface area contributed by atoms with Gasteiger partial charge in [0.15, 0.2) is 5.78 Å². The summed E-state index contributed by atoms with van der Waals surface area (Å²) in [6, 6.07) is 21.1. The van der Waals surface area contributed by atoms with Crippen molar-refractivity contribution < 1.29 is 4.79 Å². The van der Waals surface area contributed by atoms with Crippen LogP contribution in [0.15, 0.2) is 73.1 Å². The number of aromatic nitrogens is 2. The molecule has 2 atom stereocenters. The monoisotopic (exact) mass is 385 g/mol. The van der Waals surface area contributed by atoms with Crippen LogP contribution in [0.4, 0.5) is 0 Å². The van der Waals surface area contributed by atoms with E-state index in [4.69, 9.17) is 0 Å². The minimum Gasteiger partial charge on any atom is -0.334 e. The minimum atomic E-state index is -0.836. The number of rotatable bonds is 10. The van der Waals surface area contributed by atoms with Crippen LogP contribution in [0, 0.1) is 17.2 Å². The number of unbranched alkanes of at least 4 members (excludes halogenated alkanes) is 3. The summed E-state index contributed by atoms with van der Waals surface area (Å²) >= 11 is 0. The topological polar surface area (TPSA) is 58.7 Å². The molecule has 4 nitrogen and oxygen atoms in total. The third kappa shape index (κ3) is 5.00. The first kappa shape index (κ1) is 20.5. The van der Waals surface area contributed by atoms with Crippen molar-refractivity contribution in [2.75, 3.05) is 0 Å². The molecule has 0 saturated carbocycles. The molecule has 0 amide bonds. The van der Waals surface area contributed by atoms with E-state index in [2.05, 4.69) is 22.5 Å². The van der Waals surface area contributed by atoms with E-state index in [0.29, 0.717) is 5.56 Å². The van der Waals surface area contributed by atoms with Crippen molar-refractivity contribution in [3.63, 3.8) is 0 Å². The molecule has 0 fully saturated rings. The Kier molecular flexibility index (Phi) is 7.35. The fourth-order valence-electron chi connectivity index (χ4n) is 3.72. The van der Waals surface area contributed by atoms with E-state index >= 15 is 0 Å². The Bertz CT molecular complexity index is 941. The zero-order chi connectivity index (χ0) is 20.5. The van der Waals surface area contributed by atoms with Gasteiger partial charge in [0.05, 0.1) is 12.0 Å². The summed E-state index contributed by atoms with van der Waals surface area (Å²) in [5, 5.41) is 10.0. The van der Waals surface area contributed by atoms with Gasteiger partial charge >= 0.3 is 0 Å². The van der Waals surface area contributed by atoms with Crippen LogP contribution in [-0.2, 0) is 6.54 Å². The van der Waals surface area contributed by atoms with Crippen molar-refractivity contribution >= 4 is 5.78 Å². The van der Waals surface area contributed by atoms with Gasteiger partial charge in [-0.2, -0.15) is 5.26 Å². The minimum absolute atomic E-state index is 0.164. The van der Waals surface area contributed by atoms with Gasteiger partial charge < -0.3 is 4.57 Å². The molecule has 0 radical (unpaired) electrons. The SMILES string of the molecule is CCCCCCn1ccnc1C(c1ccccc1)C(C#N)C(=O)c1ccccc1. The normalized spacial score (nSPS) is 12.8. The predicted molar refractivity (Wildman–Crippen MR) is 115 cm³/mol. The molecule has 0 bridgehead atoms. The number of imidazole rings is 1. The highest BCUT2D eigenvalue weighted by molar-refractivity contribution is 6.00. The number of hydrogen-bond donors (Lipinski definition) is 0. The second-order valence-corrected chi connectivity index (χ2v) is 7.26. The van der Waals surface area contributed by atoms with Crippen LogP contribution in [0.25, 0.3) is 0 Å². The lowest BCUT2D eigenvalue weighted by molar-refractivity contribution is 0.0938. The Morgan fingerprint density at radius 1 is 1.03 bits per heavy atom. The van der Waals surface area contributed by atoms with Crippen LogP contribution in [0.1, 0.15) is 60.3 Å². The summed E-state index contributed by atoms with van der Waals surface area (Å²) in [5.74, 6) is -0.627. The second-order valence-electron chi connectivity index (χ2n) is 7.26. The van der Waals surface area contributed by atoms with Gasteiger partial charge in [-0.3, -0.25) is 4.79 Å². The molecule has 4 heteroatoms. The molecular weight excluding hydrogens is 358 g/mol. The maximum Gasteiger partial charge on any atom is 0.181 e. The van der Waals surface area contributed by atoms with Crippen molar-refractivity contribution in [1.82, 2.24) is 9.55 Å². The van der Waals surface area contributed by atoms with E-state index in [9.17, 15) is 10.1 Å². The fraction of sp³-hybridized carbons (Fsp3) is 0.320. The Morgan fingerprint density at radius 2 is 1.72 bits per heavy atom. The zero-order valence-electron chi connectivity index (χ0n) is 16.9. The molecule has 0 saturated heterocycles. The molecule has 148 valence electrons. The molecule has 3 aromatic rings. The van der Waals surface area contributed by atoms with Gasteiger partial charge in [-0.15, -0.1) is 0 Å². The van der Waals surface area contributed by atoms with Crippen molar-refractivity contribution in [3.05, 3.63) is 90.0 Å². The van der Waals surface area contributed by atoms with Gasteiger partial charge in [0, 0.05) is 24.5 Å². The highest BCUT2D eigenvalue weighted by atomic mass is 16.1. The number of hydrogen-bond acceptors (Lipinski definition) is 3. The lowest BCUT2D eigenvalue weighted by Gasteiger charge is -2.23. The molecule has 1 aromatic heterocycles. The van der Waals surface area contributed by atoms with Crippen molar-refractivity contribution in [2.45, 2.75) is 45.1 Å². The van der Waals surface area contributed by atoms with Crippen LogP contribution < -0.4 is 0 Å². The Hall–Kier alpha value is -3.19. The van der Waals surface area contributed by atoms with Crippen molar-refractivity contribution in [2.24, 2.45) is 5.92 Å². The Balaban J connectivity index is 1.97. The standard InChI is InChI=1S/C25H27N3O/c1-2-3-4-11-17-28-18-16-27-25(28)23(20-12-7-5-8-13-20)22(19-26)24(29)21-14-9-6-10-15-21/h5-10,12-16,18,22-23H,2-4,11,17H2,1H3. The number of carbonyl (C=O) groups excluding carboxylic acids is 1. The molecule has 3 rings (SSSR count). The van der Waals surface area contributed by atoms with Gasteiger partial charge in [0.25, 0.3) is 0 Å². The zero-order valence-corrected chi connectivity index (χ0v) is 16.9. The number of ketones is 1. The van der Waals surface area contributed by atoms with E-state index in [0.717, 1.165) is 30.8 Å². The van der Waals surface area contributed by atoms with E-state index in [-0.39, 0.29) is 5.78 Å². The average Bonchev–Trinajstić information content (AvgIpc) is 3.23. The first-order valence-electron chi connectivity index (χ1n) is 10.3. The maximum absolute atomic E-state index is 13.2.